The topological polar surface area (TPSA) is 71.3 Å². The quantitative estimate of drug-likeness (QED) is 0.633. The summed E-state index contributed by atoms with van der Waals surface area (Å²) in [6.45, 7) is 0. The second-order valence-corrected chi connectivity index (χ2v) is 6.67. The van der Waals surface area contributed by atoms with Gasteiger partial charge in [0.05, 0.1) is 12.1 Å². The van der Waals surface area contributed by atoms with E-state index < -0.39 is 5.97 Å². The molecule has 0 saturated carbocycles. The van der Waals surface area contributed by atoms with Gasteiger partial charge in [-0.2, -0.15) is 0 Å². The fourth-order valence-electron chi connectivity index (χ4n) is 2.67. The van der Waals surface area contributed by atoms with Crippen molar-refractivity contribution in [3.05, 3.63) is 82.5 Å². The van der Waals surface area contributed by atoms with E-state index in [0.29, 0.717) is 12.0 Å². The Hall–Kier alpha value is -2.86. The number of nitrogens with one attached hydrogen (secondary N) is 1. The Bertz CT molecular complexity index is 935. The van der Waals surface area contributed by atoms with Crippen molar-refractivity contribution in [3.63, 3.8) is 0 Å². The maximum absolute atomic E-state index is 12.7. The van der Waals surface area contributed by atoms with Crippen LogP contribution in [0.15, 0.2) is 71.2 Å². The number of hydrogen-bond donors (Lipinski definition) is 2. The van der Waals surface area contributed by atoms with E-state index in [-0.39, 0.29) is 12.3 Å². The van der Waals surface area contributed by atoms with Crippen LogP contribution in [0.5, 0.6) is 0 Å². The smallest absolute Gasteiger partial charge is 0.303 e. The largest absolute Gasteiger partial charge is 0.481 e. The predicted molar refractivity (Wildman–Crippen MR) is 104 cm³/mol. The fourth-order valence-corrected chi connectivity index (χ4v) is 3.07. The third kappa shape index (κ3) is 4.21. The number of nitrogens with zero attached hydrogens (tertiary/aromatic N) is 1. The highest BCUT2D eigenvalue weighted by molar-refractivity contribution is 9.10. The highest BCUT2D eigenvalue weighted by Gasteiger charge is 2.15. The van der Waals surface area contributed by atoms with Crippen molar-refractivity contribution in [1.29, 1.82) is 0 Å². The van der Waals surface area contributed by atoms with Crippen molar-refractivity contribution in [2.75, 3.05) is 5.43 Å². The lowest BCUT2D eigenvalue weighted by Crippen LogP contribution is -2.25. The minimum Gasteiger partial charge on any atom is -0.481 e. The second-order valence-electron chi connectivity index (χ2n) is 5.76. The van der Waals surface area contributed by atoms with E-state index in [0.717, 1.165) is 21.4 Å². The average molecular weight is 413 g/mol. The first kappa shape index (κ1) is 17.9. The highest BCUT2D eigenvalue weighted by Crippen LogP contribution is 2.23. The molecule has 0 atom stereocenters. The summed E-state index contributed by atoms with van der Waals surface area (Å²) in [6, 6.07) is 20.5. The number of amides is 1. The predicted octanol–water partition coefficient (Wildman–Crippen LogP) is 4.32. The monoisotopic (exact) mass is 412 g/mol. The van der Waals surface area contributed by atoms with Crippen LogP contribution in [0.4, 0.5) is 0 Å². The minimum absolute atomic E-state index is 0.00893. The number of carbonyl (C=O) groups excluding carboxylic acids is 1. The molecule has 6 heteroatoms. The van der Waals surface area contributed by atoms with E-state index in [9.17, 15) is 9.59 Å². The number of carboxylic acids is 1. The van der Waals surface area contributed by atoms with Gasteiger partial charge in [0, 0.05) is 27.7 Å². The number of rotatable bonds is 6. The van der Waals surface area contributed by atoms with Crippen molar-refractivity contribution in [2.45, 2.75) is 12.8 Å². The molecular formula is C20H17BrN2O3. The minimum atomic E-state index is -0.877. The van der Waals surface area contributed by atoms with E-state index in [1.54, 1.807) is 22.9 Å². The molecule has 1 aromatic heterocycles. The maximum atomic E-state index is 12.7. The molecule has 0 aliphatic carbocycles. The number of aliphatic carboxylic acids is 1. The lowest BCUT2D eigenvalue weighted by Gasteiger charge is -2.15. The zero-order chi connectivity index (χ0) is 18.5. The molecule has 0 spiro atoms. The number of benzene rings is 2. The fraction of sp³-hybridized carbons (Fsp3) is 0.100. The first-order chi connectivity index (χ1) is 12.5. The van der Waals surface area contributed by atoms with E-state index in [4.69, 9.17) is 5.11 Å². The van der Waals surface area contributed by atoms with Crippen LogP contribution in [0.25, 0.3) is 11.3 Å². The maximum Gasteiger partial charge on any atom is 0.303 e. The Balaban J connectivity index is 1.95. The van der Waals surface area contributed by atoms with Gasteiger partial charge in [-0.1, -0.05) is 52.3 Å². The van der Waals surface area contributed by atoms with Crippen LogP contribution < -0.4 is 5.43 Å². The van der Waals surface area contributed by atoms with Crippen LogP contribution >= 0.6 is 15.9 Å². The van der Waals surface area contributed by atoms with Gasteiger partial charge in [0.2, 0.25) is 0 Å². The van der Waals surface area contributed by atoms with Gasteiger partial charge in [-0.3, -0.25) is 19.7 Å². The van der Waals surface area contributed by atoms with Crippen LogP contribution in [0.3, 0.4) is 0 Å². The van der Waals surface area contributed by atoms with Gasteiger partial charge >= 0.3 is 5.97 Å². The first-order valence-electron chi connectivity index (χ1n) is 8.09. The summed E-state index contributed by atoms with van der Waals surface area (Å²) in [5.41, 5.74) is 5.86. The molecule has 1 amide bonds. The molecule has 0 saturated heterocycles. The molecule has 5 nitrogen and oxygen atoms in total. The molecule has 0 bridgehead atoms. The zero-order valence-electron chi connectivity index (χ0n) is 13.9. The molecule has 2 N–H and O–H groups in total. The van der Waals surface area contributed by atoms with Gasteiger partial charge < -0.3 is 5.11 Å². The normalized spacial score (nSPS) is 10.5. The Labute approximate surface area is 159 Å². The zero-order valence-corrected chi connectivity index (χ0v) is 15.4. The molecule has 26 heavy (non-hydrogen) atoms. The lowest BCUT2D eigenvalue weighted by molar-refractivity contribution is -0.136. The average Bonchev–Trinajstić information content (AvgIpc) is 3.03. The van der Waals surface area contributed by atoms with Crippen molar-refractivity contribution in [2.24, 2.45) is 0 Å². The van der Waals surface area contributed by atoms with Crippen LogP contribution in [-0.4, -0.2) is 21.7 Å². The van der Waals surface area contributed by atoms with Gasteiger partial charge in [-0.05, 0) is 30.3 Å². The highest BCUT2D eigenvalue weighted by atomic mass is 79.9. The van der Waals surface area contributed by atoms with E-state index in [1.807, 2.05) is 48.5 Å². The Morgan fingerprint density at radius 3 is 2.46 bits per heavy atom. The number of carbonyl (C=O) groups is 2. The van der Waals surface area contributed by atoms with Crippen LogP contribution in [0, 0.1) is 0 Å². The summed E-state index contributed by atoms with van der Waals surface area (Å²) >= 11 is 3.36. The molecule has 2 aromatic carbocycles. The third-order valence-electron chi connectivity index (χ3n) is 3.93. The number of halogens is 1. The third-order valence-corrected chi connectivity index (χ3v) is 4.42. The van der Waals surface area contributed by atoms with Gasteiger partial charge in [-0.25, -0.2) is 0 Å². The summed E-state index contributed by atoms with van der Waals surface area (Å²) in [6.07, 6.45) is 0.311. The van der Waals surface area contributed by atoms with E-state index in [1.165, 1.54) is 0 Å². The van der Waals surface area contributed by atoms with Crippen LogP contribution in [0.1, 0.15) is 22.5 Å². The second kappa shape index (κ2) is 8.01. The molecule has 1 heterocycles. The van der Waals surface area contributed by atoms with Crippen molar-refractivity contribution >= 4 is 27.8 Å². The van der Waals surface area contributed by atoms with Gasteiger partial charge in [0.25, 0.3) is 5.91 Å². The molecular weight excluding hydrogens is 396 g/mol. The van der Waals surface area contributed by atoms with Crippen molar-refractivity contribution < 1.29 is 14.7 Å². The van der Waals surface area contributed by atoms with Crippen molar-refractivity contribution in [1.82, 2.24) is 4.68 Å². The SMILES string of the molecule is O=C(O)CCc1ccc(-c2ccccc2)n1NC(=O)c1cccc(Br)c1. The number of aromatic nitrogens is 1. The van der Waals surface area contributed by atoms with Crippen molar-refractivity contribution in [3.8, 4) is 11.3 Å². The Kier molecular flexibility index (Phi) is 5.53. The van der Waals surface area contributed by atoms with Gasteiger partial charge in [-0.15, -0.1) is 0 Å². The molecule has 132 valence electrons. The Morgan fingerprint density at radius 1 is 1.00 bits per heavy atom. The molecule has 3 aromatic rings. The molecule has 0 aliphatic heterocycles. The first-order valence-corrected chi connectivity index (χ1v) is 8.88. The Morgan fingerprint density at radius 2 is 1.77 bits per heavy atom. The molecule has 0 fully saturated rings. The molecule has 0 aliphatic rings. The summed E-state index contributed by atoms with van der Waals surface area (Å²) in [7, 11) is 0. The summed E-state index contributed by atoms with van der Waals surface area (Å²) in [4.78, 5) is 23.6. The van der Waals surface area contributed by atoms with Crippen LogP contribution in [0.2, 0.25) is 0 Å². The summed E-state index contributed by atoms with van der Waals surface area (Å²) in [5.74, 6) is -1.14. The number of hydrogen-bond acceptors (Lipinski definition) is 2. The molecule has 0 radical (unpaired) electrons. The number of aryl methyl sites for hydroxylation is 1. The lowest BCUT2D eigenvalue weighted by atomic mass is 10.2. The number of carboxylic acid groups (broad SMARTS) is 1. The standard InChI is InChI=1S/C20H17BrN2O3/c21-16-8-4-7-15(13-16)20(26)22-23-17(10-12-19(24)25)9-11-18(23)14-5-2-1-3-6-14/h1-9,11,13H,10,12H2,(H,22,26)(H,24,25). The van der Waals surface area contributed by atoms with E-state index >= 15 is 0 Å². The van der Waals surface area contributed by atoms with Gasteiger partial charge in [0.1, 0.15) is 0 Å². The van der Waals surface area contributed by atoms with Crippen LogP contribution in [-0.2, 0) is 11.2 Å². The van der Waals surface area contributed by atoms with Gasteiger partial charge in [0.15, 0.2) is 0 Å². The summed E-state index contributed by atoms with van der Waals surface area (Å²) in [5, 5.41) is 8.98. The molecule has 3 rings (SSSR count). The molecule has 0 unspecified atom stereocenters. The summed E-state index contributed by atoms with van der Waals surface area (Å²) < 4.78 is 2.48. The van der Waals surface area contributed by atoms with E-state index in [2.05, 4.69) is 21.4 Å².